The predicted molar refractivity (Wildman–Crippen MR) is 43.9 cm³/mol. The van der Waals surface area contributed by atoms with Crippen molar-refractivity contribution in [2.45, 2.75) is 13.5 Å². The van der Waals surface area contributed by atoms with Gasteiger partial charge >= 0.3 is 0 Å². The molecule has 3 nitrogen and oxygen atoms in total. The maximum absolute atomic E-state index is 9.43. The van der Waals surface area contributed by atoms with Gasteiger partial charge in [-0.05, 0) is 12.5 Å². The molecule has 0 atom stereocenters. The summed E-state index contributed by atoms with van der Waals surface area (Å²) in [6, 6.07) is 5.58. The van der Waals surface area contributed by atoms with Crippen LogP contribution in [0.2, 0.25) is 0 Å². The van der Waals surface area contributed by atoms with Gasteiger partial charge in [0.25, 0.3) is 0 Å². The number of rotatable bonds is 2. The van der Waals surface area contributed by atoms with E-state index in [1.165, 1.54) is 0 Å². The van der Waals surface area contributed by atoms with Crippen molar-refractivity contribution in [2.24, 2.45) is 5.84 Å². The molecule has 0 aromatic heterocycles. The van der Waals surface area contributed by atoms with E-state index < -0.39 is 0 Å². The summed E-state index contributed by atoms with van der Waals surface area (Å²) in [6.45, 7) is 2.35. The van der Waals surface area contributed by atoms with Gasteiger partial charge < -0.3 is 5.11 Å². The smallest absolute Gasteiger partial charge is 0.123 e. The van der Waals surface area contributed by atoms with E-state index in [1.807, 2.05) is 25.1 Å². The lowest BCUT2D eigenvalue weighted by molar-refractivity contribution is 0.461. The van der Waals surface area contributed by atoms with Crippen molar-refractivity contribution < 1.29 is 5.11 Å². The Bertz CT molecular complexity index is 248. The van der Waals surface area contributed by atoms with Crippen LogP contribution in [0.25, 0.3) is 0 Å². The van der Waals surface area contributed by atoms with Gasteiger partial charge in [0.1, 0.15) is 5.75 Å². The SMILES string of the molecule is Cc1cccc(CNN)c1O. The molecule has 0 heterocycles. The first kappa shape index (κ1) is 8.04. The highest BCUT2D eigenvalue weighted by molar-refractivity contribution is 5.39. The Balaban J connectivity index is 2.96. The van der Waals surface area contributed by atoms with E-state index in [0.717, 1.165) is 11.1 Å². The molecule has 4 N–H and O–H groups in total. The van der Waals surface area contributed by atoms with E-state index in [0.29, 0.717) is 12.3 Å². The van der Waals surface area contributed by atoms with Crippen LogP contribution < -0.4 is 11.3 Å². The second-order valence-electron chi connectivity index (χ2n) is 2.46. The predicted octanol–water partition coefficient (Wildman–Crippen LogP) is 0.664. The van der Waals surface area contributed by atoms with Gasteiger partial charge in [0.05, 0.1) is 0 Å². The molecule has 0 bridgehead atoms. The molecule has 0 amide bonds. The highest BCUT2D eigenvalue weighted by Gasteiger charge is 2.00. The third kappa shape index (κ3) is 1.69. The van der Waals surface area contributed by atoms with Crippen molar-refractivity contribution in [2.75, 3.05) is 0 Å². The number of benzene rings is 1. The summed E-state index contributed by atoms with van der Waals surface area (Å²) < 4.78 is 0. The summed E-state index contributed by atoms with van der Waals surface area (Å²) >= 11 is 0. The Hall–Kier alpha value is -1.06. The van der Waals surface area contributed by atoms with E-state index in [1.54, 1.807) is 0 Å². The second-order valence-corrected chi connectivity index (χ2v) is 2.46. The molecule has 0 radical (unpaired) electrons. The number of phenols is 1. The van der Waals surface area contributed by atoms with Crippen LogP contribution in [-0.2, 0) is 6.54 Å². The first-order chi connectivity index (χ1) is 5.25. The number of hydrogen-bond donors (Lipinski definition) is 3. The normalized spacial score (nSPS) is 10.0. The Morgan fingerprint density at radius 2 is 2.27 bits per heavy atom. The molecular weight excluding hydrogens is 140 g/mol. The van der Waals surface area contributed by atoms with Crippen LogP contribution in [0.3, 0.4) is 0 Å². The minimum atomic E-state index is 0.324. The average molecular weight is 152 g/mol. The fourth-order valence-corrected chi connectivity index (χ4v) is 0.972. The molecule has 0 aliphatic carbocycles. The first-order valence-corrected chi connectivity index (χ1v) is 3.46. The molecule has 1 aromatic carbocycles. The van der Waals surface area contributed by atoms with Gasteiger partial charge in [-0.1, -0.05) is 18.2 Å². The molecule has 3 heteroatoms. The number of aromatic hydroxyl groups is 1. The summed E-state index contributed by atoms with van der Waals surface area (Å²) in [4.78, 5) is 0. The van der Waals surface area contributed by atoms with Gasteiger partial charge in [0.2, 0.25) is 0 Å². The van der Waals surface area contributed by atoms with Crippen LogP contribution in [-0.4, -0.2) is 5.11 Å². The summed E-state index contributed by atoms with van der Waals surface area (Å²) in [7, 11) is 0. The van der Waals surface area contributed by atoms with Gasteiger partial charge in [-0.3, -0.25) is 11.3 Å². The minimum Gasteiger partial charge on any atom is -0.507 e. The van der Waals surface area contributed by atoms with Gasteiger partial charge in [-0.25, -0.2) is 0 Å². The lowest BCUT2D eigenvalue weighted by atomic mass is 10.1. The van der Waals surface area contributed by atoms with Crippen molar-refractivity contribution >= 4 is 0 Å². The fraction of sp³-hybridized carbons (Fsp3) is 0.250. The number of phenolic OH excluding ortho intramolecular Hbond substituents is 1. The Kier molecular flexibility index (Phi) is 2.46. The number of aryl methyl sites for hydroxylation is 1. The van der Waals surface area contributed by atoms with Gasteiger partial charge in [0.15, 0.2) is 0 Å². The maximum atomic E-state index is 9.43. The number of para-hydroxylation sites is 1. The van der Waals surface area contributed by atoms with Crippen LogP contribution in [0.4, 0.5) is 0 Å². The second kappa shape index (κ2) is 3.37. The zero-order valence-corrected chi connectivity index (χ0v) is 6.46. The van der Waals surface area contributed by atoms with E-state index in [-0.39, 0.29) is 0 Å². The van der Waals surface area contributed by atoms with Crippen molar-refractivity contribution in [1.29, 1.82) is 0 Å². The molecule has 0 aliphatic heterocycles. The summed E-state index contributed by atoms with van der Waals surface area (Å²) in [5.74, 6) is 5.44. The Morgan fingerprint density at radius 3 is 2.91 bits per heavy atom. The Labute approximate surface area is 65.8 Å². The van der Waals surface area contributed by atoms with Crippen LogP contribution in [0.15, 0.2) is 18.2 Å². The monoisotopic (exact) mass is 152 g/mol. The maximum Gasteiger partial charge on any atom is 0.123 e. The molecule has 0 spiro atoms. The fourth-order valence-electron chi connectivity index (χ4n) is 0.972. The van der Waals surface area contributed by atoms with Crippen molar-refractivity contribution in [1.82, 2.24) is 5.43 Å². The average Bonchev–Trinajstić information content (AvgIpc) is 1.99. The number of nitrogens with one attached hydrogen (secondary N) is 1. The standard InChI is InChI=1S/C8H12N2O/c1-6-3-2-4-7(5-10-9)8(6)11/h2-4,10-11H,5,9H2,1H3. The number of hydrogen-bond acceptors (Lipinski definition) is 3. The highest BCUT2D eigenvalue weighted by atomic mass is 16.3. The molecule has 0 aliphatic rings. The van der Waals surface area contributed by atoms with Crippen molar-refractivity contribution in [3.05, 3.63) is 29.3 Å². The number of hydrazine groups is 1. The third-order valence-electron chi connectivity index (χ3n) is 1.61. The molecule has 1 rings (SSSR count). The topological polar surface area (TPSA) is 58.3 Å². The van der Waals surface area contributed by atoms with E-state index in [2.05, 4.69) is 5.43 Å². The highest BCUT2D eigenvalue weighted by Crippen LogP contribution is 2.20. The minimum absolute atomic E-state index is 0.324. The van der Waals surface area contributed by atoms with Crippen LogP contribution in [0, 0.1) is 6.92 Å². The van der Waals surface area contributed by atoms with Gasteiger partial charge in [0, 0.05) is 12.1 Å². The first-order valence-electron chi connectivity index (χ1n) is 3.46. The van der Waals surface area contributed by atoms with Crippen LogP contribution >= 0.6 is 0 Å². The van der Waals surface area contributed by atoms with E-state index >= 15 is 0 Å². The molecule has 60 valence electrons. The largest absolute Gasteiger partial charge is 0.507 e. The molecule has 0 unspecified atom stereocenters. The quantitative estimate of drug-likeness (QED) is 0.431. The van der Waals surface area contributed by atoms with Crippen LogP contribution in [0.1, 0.15) is 11.1 Å². The molecule has 0 fully saturated rings. The summed E-state index contributed by atoms with van der Waals surface area (Å²) in [5.41, 5.74) is 4.19. The molecule has 11 heavy (non-hydrogen) atoms. The summed E-state index contributed by atoms with van der Waals surface area (Å²) in [6.07, 6.45) is 0. The van der Waals surface area contributed by atoms with Gasteiger partial charge in [-0.15, -0.1) is 0 Å². The lowest BCUT2D eigenvalue weighted by Crippen LogP contribution is -2.20. The molecule has 0 saturated carbocycles. The lowest BCUT2D eigenvalue weighted by Gasteiger charge is -2.04. The Morgan fingerprint density at radius 1 is 1.55 bits per heavy atom. The van der Waals surface area contributed by atoms with Crippen molar-refractivity contribution in [3.63, 3.8) is 0 Å². The van der Waals surface area contributed by atoms with Crippen molar-refractivity contribution in [3.8, 4) is 5.75 Å². The van der Waals surface area contributed by atoms with Crippen LogP contribution in [0.5, 0.6) is 5.75 Å². The zero-order chi connectivity index (χ0) is 8.27. The third-order valence-corrected chi connectivity index (χ3v) is 1.61. The molecule has 1 aromatic rings. The summed E-state index contributed by atoms with van der Waals surface area (Å²) in [5, 5.41) is 9.43. The molecule has 0 saturated heterocycles. The zero-order valence-electron chi connectivity index (χ0n) is 6.46. The van der Waals surface area contributed by atoms with Gasteiger partial charge in [-0.2, -0.15) is 0 Å². The molecular formula is C8H12N2O. The van der Waals surface area contributed by atoms with E-state index in [9.17, 15) is 5.11 Å². The van der Waals surface area contributed by atoms with E-state index in [4.69, 9.17) is 5.84 Å². The number of nitrogens with two attached hydrogens (primary N) is 1.